The Morgan fingerprint density at radius 2 is 1.66 bits per heavy atom. The molecule has 29 heavy (non-hydrogen) atoms. The molecule has 0 unspecified atom stereocenters. The van der Waals surface area contributed by atoms with Gasteiger partial charge in [0.2, 0.25) is 0 Å². The number of aryl methyl sites for hydroxylation is 3. The van der Waals surface area contributed by atoms with Crippen LogP contribution in [0.4, 0.5) is 0 Å². The highest BCUT2D eigenvalue weighted by atomic mass is 15.1. The predicted molar refractivity (Wildman–Crippen MR) is 125 cm³/mol. The van der Waals surface area contributed by atoms with Crippen LogP contribution in [0.3, 0.4) is 0 Å². The molecule has 0 bridgehead atoms. The Kier molecular flexibility index (Phi) is 5.99. The van der Waals surface area contributed by atoms with Gasteiger partial charge < -0.3 is 4.57 Å². The van der Waals surface area contributed by atoms with Crippen molar-refractivity contribution in [1.82, 2.24) is 9.55 Å². The van der Waals surface area contributed by atoms with Crippen molar-refractivity contribution < 1.29 is 0 Å². The number of unbranched alkanes of at least 4 members (excludes halogenated alkanes) is 1. The van der Waals surface area contributed by atoms with E-state index in [4.69, 9.17) is 4.98 Å². The van der Waals surface area contributed by atoms with Gasteiger partial charge in [0.25, 0.3) is 0 Å². The summed E-state index contributed by atoms with van der Waals surface area (Å²) in [6.07, 6.45) is 5.54. The molecule has 0 saturated carbocycles. The largest absolute Gasteiger partial charge is 0.328 e. The SMILES string of the molecule is CCCCn1c(CCc2ccc3ccccc3c2)nc2ccc(CC(C)C)cc21. The minimum absolute atomic E-state index is 0.673. The van der Waals surface area contributed by atoms with Crippen molar-refractivity contribution >= 4 is 21.8 Å². The molecule has 0 aliphatic rings. The van der Waals surface area contributed by atoms with E-state index >= 15 is 0 Å². The van der Waals surface area contributed by atoms with Gasteiger partial charge in [0.1, 0.15) is 5.82 Å². The van der Waals surface area contributed by atoms with Crippen molar-refractivity contribution in [2.45, 2.75) is 59.4 Å². The molecule has 2 heteroatoms. The molecular weight excluding hydrogens is 352 g/mol. The Labute approximate surface area is 174 Å². The van der Waals surface area contributed by atoms with Crippen LogP contribution in [0.1, 0.15) is 50.6 Å². The van der Waals surface area contributed by atoms with Crippen LogP contribution in [0.25, 0.3) is 21.8 Å². The summed E-state index contributed by atoms with van der Waals surface area (Å²) in [7, 11) is 0. The Morgan fingerprint density at radius 1 is 0.862 bits per heavy atom. The van der Waals surface area contributed by atoms with Crippen LogP contribution in [-0.2, 0) is 25.8 Å². The zero-order chi connectivity index (χ0) is 20.2. The zero-order valence-corrected chi connectivity index (χ0v) is 18.0. The Bertz CT molecular complexity index is 1100. The summed E-state index contributed by atoms with van der Waals surface area (Å²) >= 11 is 0. The van der Waals surface area contributed by atoms with E-state index in [1.807, 2.05) is 0 Å². The standard InChI is InChI=1S/C27H32N2/c1-4-5-16-29-26-19-22(17-20(2)3)11-14-25(26)28-27(29)15-12-21-10-13-23-8-6-7-9-24(23)18-21/h6-11,13-14,18-20H,4-5,12,15-17H2,1-3H3. The van der Waals surface area contributed by atoms with Crippen LogP contribution >= 0.6 is 0 Å². The van der Waals surface area contributed by atoms with E-state index in [0.29, 0.717) is 5.92 Å². The van der Waals surface area contributed by atoms with E-state index in [9.17, 15) is 0 Å². The molecule has 1 aromatic heterocycles. The molecule has 0 fully saturated rings. The summed E-state index contributed by atoms with van der Waals surface area (Å²) in [4.78, 5) is 5.03. The minimum Gasteiger partial charge on any atom is -0.328 e. The summed E-state index contributed by atoms with van der Waals surface area (Å²) in [5.41, 5.74) is 5.26. The third-order valence-electron chi connectivity index (χ3n) is 5.72. The maximum atomic E-state index is 5.03. The maximum Gasteiger partial charge on any atom is 0.110 e. The molecule has 2 nitrogen and oxygen atoms in total. The van der Waals surface area contributed by atoms with Gasteiger partial charge in [-0.15, -0.1) is 0 Å². The maximum absolute atomic E-state index is 5.03. The molecule has 150 valence electrons. The van der Waals surface area contributed by atoms with Crippen LogP contribution in [0.2, 0.25) is 0 Å². The first-order chi connectivity index (χ1) is 14.1. The number of nitrogens with zero attached hydrogens (tertiary/aromatic N) is 2. The molecule has 1 heterocycles. The third-order valence-corrected chi connectivity index (χ3v) is 5.72. The van der Waals surface area contributed by atoms with Crippen molar-refractivity contribution in [2.75, 3.05) is 0 Å². The highest BCUT2D eigenvalue weighted by Crippen LogP contribution is 2.23. The number of aromatic nitrogens is 2. The van der Waals surface area contributed by atoms with Crippen molar-refractivity contribution in [3.05, 3.63) is 77.6 Å². The van der Waals surface area contributed by atoms with Gasteiger partial charge in [0.15, 0.2) is 0 Å². The predicted octanol–water partition coefficient (Wildman–Crippen LogP) is 6.97. The van der Waals surface area contributed by atoms with Gasteiger partial charge in [-0.05, 0) is 59.2 Å². The topological polar surface area (TPSA) is 17.8 Å². The van der Waals surface area contributed by atoms with Crippen LogP contribution < -0.4 is 0 Å². The first kappa shape index (κ1) is 19.7. The summed E-state index contributed by atoms with van der Waals surface area (Å²) in [6.45, 7) is 7.89. The first-order valence-corrected chi connectivity index (χ1v) is 11.1. The van der Waals surface area contributed by atoms with Gasteiger partial charge in [0, 0.05) is 13.0 Å². The second-order valence-corrected chi connectivity index (χ2v) is 8.64. The van der Waals surface area contributed by atoms with Gasteiger partial charge in [-0.3, -0.25) is 0 Å². The van der Waals surface area contributed by atoms with E-state index in [1.165, 1.54) is 46.1 Å². The molecule has 4 aromatic rings. The fourth-order valence-electron chi connectivity index (χ4n) is 4.22. The lowest BCUT2D eigenvalue weighted by Crippen LogP contribution is -2.06. The van der Waals surface area contributed by atoms with Crippen molar-refractivity contribution in [2.24, 2.45) is 5.92 Å². The second kappa shape index (κ2) is 8.82. The van der Waals surface area contributed by atoms with Gasteiger partial charge >= 0.3 is 0 Å². The fraction of sp³-hybridized carbons (Fsp3) is 0.370. The Hall–Kier alpha value is -2.61. The Balaban J connectivity index is 1.62. The first-order valence-electron chi connectivity index (χ1n) is 11.1. The van der Waals surface area contributed by atoms with Gasteiger partial charge in [-0.25, -0.2) is 4.98 Å². The molecular formula is C27H32N2. The van der Waals surface area contributed by atoms with Crippen molar-refractivity contribution in [3.63, 3.8) is 0 Å². The molecule has 0 spiro atoms. The van der Waals surface area contributed by atoms with E-state index in [2.05, 4.69) is 86.0 Å². The number of benzene rings is 3. The van der Waals surface area contributed by atoms with Gasteiger partial charge in [-0.1, -0.05) is 75.7 Å². The Morgan fingerprint density at radius 3 is 2.45 bits per heavy atom. The number of fused-ring (bicyclic) bond motifs is 2. The van der Waals surface area contributed by atoms with E-state index < -0.39 is 0 Å². The smallest absolute Gasteiger partial charge is 0.110 e. The van der Waals surface area contributed by atoms with E-state index in [0.717, 1.165) is 31.3 Å². The van der Waals surface area contributed by atoms with Crippen LogP contribution in [0.5, 0.6) is 0 Å². The number of hydrogen-bond acceptors (Lipinski definition) is 1. The highest BCUT2D eigenvalue weighted by Gasteiger charge is 2.12. The van der Waals surface area contributed by atoms with Gasteiger partial charge in [0.05, 0.1) is 11.0 Å². The fourth-order valence-corrected chi connectivity index (χ4v) is 4.22. The molecule has 0 radical (unpaired) electrons. The normalized spacial score (nSPS) is 11.7. The lowest BCUT2D eigenvalue weighted by atomic mass is 10.0. The van der Waals surface area contributed by atoms with Crippen LogP contribution in [-0.4, -0.2) is 9.55 Å². The summed E-state index contributed by atoms with van der Waals surface area (Å²) < 4.78 is 2.48. The third kappa shape index (κ3) is 4.53. The van der Waals surface area contributed by atoms with Crippen molar-refractivity contribution in [3.8, 4) is 0 Å². The average molecular weight is 385 g/mol. The summed E-state index contributed by atoms with van der Waals surface area (Å²) in [5.74, 6) is 1.90. The highest BCUT2D eigenvalue weighted by molar-refractivity contribution is 5.83. The number of imidazole rings is 1. The molecule has 0 aliphatic carbocycles. The second-order valence-electron chi connectivity index (χ2n) is 8.64. The number of hydrogen-bond donors (Lipinski definition) is 0. The van der Waals surface area contributed by atoms with Crippen LogP contribution in [0.15, 0.2) is 60.7 Å². The van der Waals surface area contributed by atoms with Crippen molar-refractivity contribution in [1.29, 1.82) is 0 Å². The molecule has 3 aromatic carbocycles. The average Bonchev–Trinajstić information content (AvgIpc) is 3.07. The lowest BCUT2D eigenvalue weighted by molar-refractivity contribution is 0.612. The van der Waals surface area contributed by atoms with Gasteiger partial charge in [-0.2, -0.15) is 0 Å². The molecule has 0 aliphatic heterocycles. The van der Waals surface area contributed by atoms with Crippen LogP contribution in [0, 0.1) is 5.92 Å². The zero-order valence-electron chi connectivity index (χ0n) is 18.0. The molecule has 0 N–H and O–H groups in total. The van der Waals surface area contributed by atoms with E-state index in [-0.39, 0.29) is 0 Å². The minimum atomic E-state index is 0.673. The summed E-state index contributed by atoms with van der Waals surface area (Å²) in [6, 6.07) is 22.3. The summed E-state index contributed by atoms with van der Waals surface area (Å²) in [5, 5.41) is 2.63. The quantitative estimate of drug-likeness (QED) is 0.321. The molecule has 0 atom stereocenters. The monoisotopic (exact) mass is 384 g/mol. The molecule has 0 amide bonds. The molecule has 0 saturated heterocycles. The van der Waals surface area contributed by atoms with E-state index in [1.54, 1.807) is 0 Å². The lowest BCUT2D eigenvalue weighted by Gasteiger charge is -2.10. The molecule has 4 rings (SSSR count). The number of rotatable bonds is 8.